The molecule has 0 radical (unpaired) electrons. The first-order valence-electron chi connectivity index (χ1n) is 7.38. The first kappa shape index (κ1) is 16.7. The Hall–Kier alpha value is -2.19. The molecule has 6 nitrogen and oxygen atoms in total. The van der Waals surface area contributed by atoms with Crippen molar-refractivity contribution in [2.45, 2.75) is 18.1 Å². The zero-order chi connectivity index (χ0) is 16.9. The number of hydrogen-bond donors (Lipinski definition) is 1. The Morgan fingerprint density at radius 2 is 2.12 bits per heavy atom. The molecule has 0 aliphatic carbocycles. The molecule has 0 saturated carbocycles. The molecule has 124 valence electrons. The number of thiophene rings is 1. The summed E-state index contributed by atoms with van der Waals surface area (Å²) in [6.45, 7) is 2.05. The molecule has 1 N–H and O–H groups in total. The summed E-state index contributed by atoms with van der Waals surface area (Å²) in [6, 6.07) is 12.1. The number of carbonyl (C=O) groups excluding carboxylic acids is 1. The van der Waals surface area contributed by atoms with Gasteiger partial charge in [-0.05, 0) is 34.4 Å². The van der Waals surface area contributed by atoms with Crippen LogP contribution in [0.4, 0.5) is 0 Å². The predicted octanol–water partition coefficient (Wildman–Crippen LogP) is 2.58. The van der Waals surface area contributed by atoms with E-state index in [-0.39, 0.29) is 17.7 Å². The van der Waals surface area contributed by atoms with Crippen molar-refractivity contribution in [2.75, 3.05) is 5.75 Å². The lowest BCUT2D eigenvalue weighted by Gasteiger charge is -2.18. The van der Waals surface area contributed by atoms with Crippen LogP contribution in [0.1, 0.15) is 22.0 Å². The van der Waals surface area contributed by atoms with Crippen LogP contribution < -0.4 is 5.32 Å². The van der Waals surface area contributed by atoms with Crippen molar-refractivity contribution in [3.05, 3.63) is 57.8 Å². The molecule has 0 aliphatic heterocycles. The Morgan fingerprint density at radius 1 is 1.33 bits per heavy atom. The summed E-state index contributed by atoms with van der Waals surface area (Å²) in [6.07, 6.45) is 0. The van der Waals surface area contributed by atoms with Gasteiger partial charge < -0.3 is 5.32 Å². The number of thioether (sulfide) groups is 1. The maximum absolute atomic E-state index is 12.4. The van der Waals surface area contributed by atoms with Crippen molar-refractivity contribution >= 4 is 29.0 Å². The Kier molecular flexibility index (Phi) is 5.27. The standard InChI is InChI=1S/C16H17N5OS2/c1-11-5-7-12(8-6-11)15(13-4-3-9-23-13)17-14(22)10-24-16-18-19-20-21(16)2/h3-9,15H,10H2,1-2H3,(H,17,22)/t15-/m0/s1. The molecule has 1 aromatic carbocycles. The van der Waals surface area contributed by atoms with E-state index in [0.717, 1.165) is 10.4 Å². The second-order valence-corrected chi connectivity index (χ2v) is 7.22. The van der Waals surface area contributed by atoms with E-state index in [1.54, 1.807) is 23.1 Å². The highest BCUT2D eigenvalue weighted by Gasteiger charge is 2.18. The van der Waals surface area contributed by atoms with E-state index in [1.165, 1.54) is 17.3 Å². The van der Waals surface area contributed by atoms with Crippen molar-refractivity contribution in [1.29, 1.82) is 0 Å². The third-order valence-corrected chi connectivity index (χ3v) is 5.41. The molecule has 8 heteroatoms. The van der Waals surface area contributed by atoms with E-state index in [2.05, 4.69) is 45.1 Å². The molecule has 0 saturated heterocycles. The number of benzene rings is 1. The molecular formula is C16H17N5OS2. The van der Waals surface area contributed by atoms with Gasteiger partial charge in [-0.1, -0.05) is 47.7 Å². The lowest BCUT2D eigenvalue weighted by atomic mass is 10.0. The van der Waals surface area contributed by atoms with E-state index >= 15 is 0 Å². The SMILES string of the molecule is Cc1ccc([C@H](NC(=O)CSc2nnnn2C)c2cccs2)cc1. The fourth-order valence-electron chi connectivity index (χ4n) is 2.21. The first-order chi connectivity index (χ1) is 11.6. The summed E-state index contributed by atoms with van der Waals surface area (Å²) in [5.41, 5.74) is 2.27. The van der Waals surface area contributed by atoms with Gasteiger partial charge in [0.1, 0.15) is 0 Å². The van der Waals surface area contributed by atoms with Gasteiger partial charge in [-0.15, -0.1) is 16.4 Å². The Balaban J connectivity index is 1.71. The summed E-state index contributed by atoms with van der Waals surface area (Å²) in [4.78, 5) is 13.5. The van der Waals surface area contributed by atoms with Gasteiger partial charge in [0.2, 0.25) is 11.1 Å². The summed E-state index contributed by atoms with van der Waals surface area (Å²) in [5.74, 6) is 0.212. The number of aryl methyl sites for hydroxylation is 2. The minimum absolute atomic E-state index is 0.0537. The number of nitrogens with zero attached hydrogens (tertiary/aromatic N) is 4. The lowest BCUT2D eigenvalue weighted by Crippen LogP contribution is -2.30. The fraction of sp³-hybridized carbons (Fsp3) is 0.250. The van der Waals surface area contributed by atoms with Crippen molar-refractivity contribution in [2.24, 2.45) is 7.05 Å². The molecule has 2 heterocycles. The van der Waals surface area contributed by atoms with Gasteiger partial charge in [-0.2, -0.15) is 0 Å². The smallest absolute Gasteiger partial charge is 0.231 e. The summed E-state index contributed by atoms with van der Waals surface area (Å²) >= 11 is 2.95. The Morgan fingerprint density at radius 3 is 2.75 bits per heavy atom. The third kappa shape index (κ3) is 4.01. The molecule has 1 amide bonds. The number of nitrogens with one attached hydrogen (secondary N) is 1. The maximum Gasteiger partial charge on any atom is 0.231 e. The highest BCUT2D eigenvalue weighted by Crippen LogP contribution is 2.26. The number of carbonyl (C=O) groups is 1. The lowest BCUT2D eigenvalue weighted by molar-refractivity contribution is -0.119. The van der Waals surface area contributed by atoms with Crippen molar-refractivity contribution < 1.29 is 4.79 Å². The second kappa shape index (κ2) is 7.59. The van der Waals surface area contributed by atoms with E-state index < -0.39 is 0 Å². The number of tetrazole rings is 1. The molecule has 2 aromatic heterocycles. The molecule has 0 spiro atoms. The van der Waals surface area contributed by atoms with Crippen LogP contribution in [0.5, 0.6) is 0 Å². The van der Waals surface area contributed by atoms with Gasteiger partial charge in [0, 0.05) is 11.9 Å². The number of rotatable bonds is 6. The van der Waals surface area contributed by atoms with Gasteiger partial charge in [0.05, 0.1) is 11.8 Å². The molecule has 0 bridgehead atoms. The van der Waals surface area contributed by atoms with Gasteiger partial charge in [0.15, 0.2) is 0 Å². The Bertz CT molecular complexity index is 798. The molecule has 0 unspecified atom stereocenters. The van der Waals surface area contributed by atoms with E-state index in [1.807, 2.05) is 24.4 Å². The van der Waals surface area contributed by atoms with Crippen molar-refractivity contribution in [3.8, 4) is 0 Å². The fourth-order valence-corrected chi connectivity index (χ4v) is 3.67. The normalized spacial score (nSPS) is 12.1. The van der Waals surface area contributed by atoms with E-state index in [9.17, 15) is 4.79 Å². The van der Waals surface area contributed by atoms with Crippen LogP contribution in [0.2, 0.25) is 0 Å². The van der Waals surface area contributed by atoms with Crippen molar-refractivity contribution in [1.82, 2.24) is 25.5 Å². The van der Waals surface area contributed by atoms with Crippen LogP contribution >= 0.6 is 23.1 Å². The topological polar surface area (TPSA) is 72.7 Å². The van der Waals surface area contributed by atoms with Crippen LogP contribution in [-0.4, -0.2) is 31.9 Å². The van der Waals surface area contributed by atoms with Crippen LogP contribution in [0.3, 0.4) is 0 Å². The van der Waals surface area contributed by atoms with Gasteiger partial charge >= 0.3 is 0 Å². The minimum atomic E-state index is -0.142. The number of aromatic nitrogens is 4. The first-order valence-corrected chi connectivity index (χ1v) is 9.24. The summed E-state index contributed by atoms with van der Waals surface area (Å²) < 4.78 is 1.55. The van der Waals surface area contributed by atoms with Crippen LogP contribution in [0.25, 0.3) is 0 Å². The highest BCUT2D eigenvalue weighted by atomic mass is 32.2. The molecule has 1 atom stereocenters. The maximum atomic E-state index is 12.4. The summed E-state index contributed by atoms with van der Waals surface area (Å²) in [7, 11) is 1.75. The molecule has 0 aliphatic rings. The van der Waals surface area contributed by atoms with Crippen LogP contribution in [0, 0.1) is 6.92 Å². The predicted molar refractivity (Wildman–Crippen MR) is 95.0 cm³/mol. The number of amides is 1. The quantitative estimate of drug-likeness (QED) is 0.685. The van der Waals surface area contributed by atoms with Crippen LogP contribution in [-0.2, 0) is 11.8 Å². The van der Waals surface area contributed by atoms with Crippen LogP contribution in [0.15, 0.2) is 46.9 Å². The average Bonchev–Trinajstić information content (AvgIpc) is 3.23. The zero-order valence-electron chi connectivity index (χ0n) is 13.3. The zero-order valence-corrected chi connectivity index (χ0v) is 15.0. The largest absolute Gasteiger partial charge is 0.344 e. The second-order valence-electron chi connectivity index (χ2n) is 5.30. The summed E-state index contributed by atoms with van der Waals surface area (Å²) in [5, 5.41) is 16.9. The highest BCUT2D eigenvalue weighted by molar-refractivity contribution is 7.99. The van der Waals surface area contributed by atoms with Gasteiger partial charge in [-0.3, -0.25) is 4.79 Å². The molecule has 0 fully saturated rings. The molecular weight excluding hydrogens is 342 g/mol. The van der Waals surface area contributed by atoms with Crippen molar-refractivity contribution in [3.63, 3.8) is 0 Å². The van der Waals surface area contributed by atoms with E-state index in [0.29, 0.717) is 5.16 Å². The minimum Gasteiger partial charge on any atom is -0.344 e. The molecule has 24 heavy (non-hydrogen) atoms. The van der Waals surface area contributed by atoms with Gasteiger partial charge in [0.25, 0.3) is 0 Å². The monoisotopic (exact) mass is 359 g/mol. The van der Waals surface area contributed by atoms with Gasteiger partial charge in [-0.25, -0.2) is 4.68 Å². The van der Waals surface area contributed by atoms with E-state index in [4.69, 9.17) is 0 Å². The average molecular weight is 359 g/mol. The molecule has 3 rings (SSSR count). The molecule has 3 aromatic rings. The number of hydrogen-bond acceptors (Lipinski definition) is 6. The Labute approximate surface area is 148 Å². The third-order valence-electron chi connectivity index (χ3n) is 3.46.